The van der Waals surface area contributed by atoms with Crippen molar-refractivity contribution < 1.29 is 4.74 Å². The molecule has 0 amide bonds. The number of nitrogens with one attached hydrogen (secondary N) is 1. The van der Waals surface area contributed by atoms with E-state index in [9.17, 15) is 0 Å². The van der Waals surface area contributed by atoms with Gasteiger partial charge in [0, 0.05) is 18.2 Å². The van der Waals surface area contributed by atoms with Gasteiger partial charge in [-0.2, -0.15) is 0 Å². The molecular formula is C28H29NO. The summed E-state index contributed by atoms with van der Waals surface area (Å²) in [5.74, 6) is 0.959. The first-order valence-electron chi connectivity index (χ1n) is 10.7. The van der Waals surface area contributed by atoms with E-state index < -0.39 is 0 Å². The molecule has 0 heterocycles. The topological polar surface area (TPSA) is 21.3 Å². The summed E-state index contributed by atoms with van der Waals surface area (Å²) in [5, 5.41) is 6.22. The summed E-state index contributed by atoms with van der Waals surface area (Å²) in [6.45, 7) is 3.63. The fraction of sp³-hybridized carbons (Fsp3) is 0.214. The summed E-state index contributed by atoms with van der Waals surface area (Å²) in [6, 6.07) is 34.3. The molecule has 30 heavy (non-hydrogen) atoms. The Morgan fingerprint density at radius 1 is 0.733 bits per heavy atom. The Hall–Kier alpha value is -3.10. The predicted molar refractivity (Wildman–Crippen MR) is 126 cm³/mol. The highest BCUT2D eigenvalue weighted by molar-refractivity contribution is 5.87. The van der Waals surface area contributed by atoms with Gasteiger partial charge < -0.3 is 10.1 Å². The average molecular weight is 396 g/mol. The molecule has 4 aromatic rings. The number of fused-ring (bicyclic) bond motifs is 1. The van der Waals surface area contributed by atoms with Crippen molar-refractivity contribution in [2.24, 2.45) is 0 Å². The van der Waals surface area contributed by atoms with Crippen LogP contribution in [0.2, 0.25) is 0 Å². The Labute approximate surface area is 179 Å². The molecule has 0 bridgehead atoms. The summed E-state index contributed by atoms with van der Waals surface area (Å²) in [6.07, 6.45) is 2.19. The van der Waals surface area contributed by atoms with Crippen LogP contribution in [0.15, 0.2) is 97.1 Å². The van der Waals surface area contributed by atoms with Crippen molar-refractivity contribution in [1.29, 1.82) is 0 Å². The summed E-state index contributed by atoms with van der Waals surface area (Å²) in [7, 11) is 0. The highest BCUT2D eigenvalue weighted by Gasteiger charge is 2.11. The van der Waals surface area contributed by atoms with Gasteiger partial charge in [0.1, 0.15) is 12.4 Å². The van der Waals surface area contributed by atoms with Gasteiger partial charge in [0.05, 0.1) is 0 Å². The maximum Gasteiger partial charge on any atom is 0.124 e. The molecule has 1 atom stereocenters. The van der Waals surface area contributed by atoms with Crippen molar-refractivity contribution in [2.75, 3.05) is 0 Å². The second kappa shape index (κ2) is 10.1. The van der Waals surface area contributed by atoms with Crippen LogP contribution in [0.3, 0.4) is 0 Å². The lowest BCUT2D eigenvalue weighted by Gasteiger charge is -2.18. The molecule has 0 aliphatic rings. The lowest BCUT2D eigenvalue weighted by Crippen LogP contribution is -2.26. The third kappa shape index (κ3) is 5.28. The molecule has 0 aliphatic carbocycles. The smallest absolute Gasteiger partial charge is 0.124 e. The van der Waals surface area contributed by atoms with E-state index in [2.05, 4.69) is 103 Å². The minimum atomic E-state index is 0.422. The number of ether oxygens (including phenoxy) is 1. The molecule has 0 saturated carbocycles. The Bertz CT molecular complexity index is 1060. The first kappa shape index (κ1) is 20.2. The van der Waals surface area contributed by atoms with Gasteiger partial charge in [0.2, 0.25) is 0 Å². The van der Waals surface area contributed by atoms with Crippen molar-refractivity contribution >= 4 is 10.8 Å². The van der Waals surface area contributed by atoms with Gasteiger partial charge in [-0.25, -0.2) is 0 Å². The van der Waals surface area contributed by atoms with Gasteiger partial charge in [-0.15, -0.1) is 0 Å². The van der Waals surface area contributed by atoms with Gasteiger partial charge in [-0.1, -0.05) is 91.0 Å². The number of aryl methyl sites for hydroxylation is 1. The molecular weight excluding hydrogens is 366 g/mol. The summed E-state index contributed by atoms with van der Waals surface area (Å²) >= 11 is 0. The first-order chi connectivity index (χ1) is 14.8. The third-order valence-corrected chi connectivity index (χ3v) is 5.57. The van der Waals surface area contributed by atoms with Crippen LogP contribution in [-0.4, -0.2) is 6.04 Å². The molecule has 0 spiro atoms. The molecule has 4 aromatic carbocycles. The lowest BCUT2D eigenvalue weighted by atomic mass is 10.0. The van der Waals surface area contributed by atoms with E-state index in [4.69, 9.17) is 4.74 Å². The van der Waals surface area contributed by atoms with Crippen LogP contribution in [0.25, 0.3) is 10.8 Å². The normalized spacial score (nSPS) is 12.0. The second-order valence-electron chi connectivity index (χ2n) is 7.84. The van der Waals surface area contributed by atoms with Crippen LogP contribution in [0.4, 0.5) is 0 Å². The van der Waals surface area contributed by atoms with Gasteiger partial charge in [0.25, 0.3) is 0 Å². The van der Waals surface area contributed by atoms with Crippen molar-refractivity contribution in [3.05, 3.63) is 114 Å². The van der Waals surface area contributed by atoms with Gasteiger partial charge in [-0.3, -0.25) is 0 Å². The zero-order valence-electron chi connectivity index (χ0n) is 17.6. The summed E-state index contributed by atoms with van der Waals surface area (Å²) in [4.78, 5) is 0. The van der Waals surface area contributed by atoms with E-state index >= 15 is 0 Å². The van der Waals surface area contributed by atoms with E-state index in [0.29, 0.717) is 12.6 Å². The number of hydrogen-bond donors (Lipinski definition) is 1. The zero-order valence-corrected chi connectivity index (χ0v) is 17.6. The summed E-state index contributed by atoms with van der Waals surface area (Å²) in [5.41, 5.74) is 3.81. The van der Waals surface area contributed by atoms with E-state index in [1.54, 1.807) is 0 Å². The molecule has 2 heteroatoms. The quantitative estimate of drug-likeness (QED) is 0.348. The molecule has 4 rings (SSSR count). The maximum atomic E-state index is 6.25. The third-order valence-electron chi connectivity index (χ3n) is 5.57. The van der Waals surface area contributed by atoms with Crippen LogP contribution >= 0.6 is 0 Å². The Morgan fingerprint density at radius 3 is 2.17 bits per heavy atom. The molecule has 2 nitrogen and oxygen atoms in total. The fourth-order valence-electron chi connectivity index (χ4n) is 3.78. The minimum Gasteiger partial charge on any atom is -0.489 e. The van der Waals surface area contributed by atoms with Crippen molar-refractivity contribution in [3.63, 3.8) is 0 Å². The van der Waals surface area contributed by atoms with E-state index in [1.165, 1.54) is 27.5 Å². The Balaban J connectivity index is 1.46. The molecule has 0 fully saturated rings. The lowest BCUT2D eigenvalue weighted by molar-refractivity contribution is 0.302. The van der Waals surface area contributed by atoms with Crippen LogP contribution in [0, 0.1) is 0 Å². The molecule has 0 radical (unpaired) electrons. The highest BCUT2D eigenvalue weighted by atomic mass is 16.5. The maximum absolute atomic E-state index is 6.25. The SMILES string of the molecule is CC(CCc1ccccc1)NCc1c(OCc2ccccc2)ccc2ccccc12. The first-order valence-corrected chi connectivity index (χ1v) is 10.7. The molecule has 1 unspecified atom stereocenters. The Kier molecular flexibility index (Phi) is 6.79. The number of hydrogen-bond acceptors (Lipinski definition) is 2. The van der Waals surface area contributed by atoms with Gasteiger partial charge >= 0.3 is 0 Å². The minimum absolute atomic E-state index is 0.422. The number of benzene rings is 4. The fourth-order valence-corrected chi connectivity index (χ4v) is 3.78. The van der Waals surface area contributed by atoms with E-state index in [1.807, 2.05) is 6.07 Å². The van der Waals surface area contributed by atoms with Crippen molar-refractivity contribution in [1.82, 2.24) is 5.32 Å². The molecule has 0 aliphatic heterocycles. The van der Waals surface area contributed by atoms with Crippen molar-refractivity contribution in [2.45, 2.75) is 39.0 Å². The molecule has 0 saturated heterocycles. The van der Waals surface area contributed by atoms with E-state index in [-0.39, 0.29) is 0 Å². The Morgan fingerprint density at radius 2 is 1.40 bits per heavy atom. The number of rotatable bonds is 9. The van der Waals surface area contributed by atoms with Crippen molar-refractivity contribution in [3.8, 4) is 5.75 Å². The monoisotopic (exact) mass is 395 g/mol. The van der Waals surface area contributed by atoms with Crippen LogP contribution in [0.5, 0.6) is 5.75 Å². The summed E-state index contributed by atoms with van der Waals surface area (Å²) < 4.78 is 6.25. The zero-order chi connectivity index (χ0) is 20.6. The molecule has 0 aromatic heterocycles. The average Bonchev–Trinajstić information content (AvgIpc) is 2.81. The second-order valence-corrected chi connectivity index (χ2v) is 7.84. The van der Waals surface area contributed by atoms with Crippen LogP contribution in [0.1, 0.15) is 30.0 Å². The molecule has 152 valence electrons. The van der Waals surface area contributed by atoms with Gasteiger partial charge in [0.15, 0.2) is 0 Å². The van der Waals surface area contributed by atoms with Gasteiger partial charge in [-0.05, 0) is 47.7 Å². The standard InChI is InChI=1S/C28H29NO/c1-22(16-17-23-10-4-2-5-11-23)29-20-27-26-15-9-8-14-25(26)18-19-28(27)30-21-24-12-6-3-7-13-24/h2-15,18-19,22,29H,16-17,20-21H2,1H3. The van der Waals surface area contributed by atoms with Crippen LogP contribution in [-0.2, 0) is 19.6 Å². The largest absolute Gasteiger partial charge is 0.489 e. The molecule has 1 N–H and O–H groups in total. The van der Waals surface area contributed by atoms with Crippen LogP contribution < -0.4 is 10.1 Å². The predicted octanol–water partition coefficient (Wildman–Crippen LogP) is 6.53. The van der Waals surface area contributed by atoms with E-state index in [0.717, 1.165) is 25.1 Å². The highest BCUT2D eigenvalue weighted by Crippen LogP contribution is 2.29.